The number of nitrogens with zero attached hydrogens (tertiary/aromatic N) is 1. The van der Waals surface area contributed by atoms with Crippen molar-refractivity contribution in [2.45, 2.75) is 19.4 Å². The van der Waals surface area contributed by atoms with E-state index in [9.17, 15) is 9.59 Å². The van der Waals surface area contributed by atoms with Crippen LogP contribution in [0, 0.1) is 0 Å². The minimum Gasteiger partial charge on any atom is -0.481 e. The van der Waals surface area contributed by atoms with Gasteiger partial charge in [-0.15, -0.1) is 0 Å². The Balaban J connectivity index is 2.54. The summed E-state index contributed by atoms with van der Waals surface area (Å²) < 4.78 is 0. The molecule has 92 valence electrons. The average molecular weight is 256 g/mol. The molecule has 1 N–H and O–H groups in total. The van der Waals surface area contributed by atoms with Crippen molar-refractivity contribution in [1.82, 2.24) is 4.90 Å². The number of carbonyl (C=O) groups is 2. The molecule has 4 nitrogen and oxygen atoms in total. The van der Waals surface area contributed by atoms with Crippen molar-refractivity contribution in [3.8, 4) is 0 Å². The highest BCUT2D eigenvalue weighted by Gasteiger charge is 2.12. The summed E-state index contributed by atoms with van der Waals surface area (Å²) in [4.78, 5) is 23.4. The summed E-state index contributed by atoms with van der Waals surface area (Å²) >= 11 is 5.97. The molecule has 0 aromatic heterocycles. The Kier molecular flexibility index (Phi) is 4.97. The molecule has 0 fully saturated rings. The molecule has 0 saturated carbocycles. The average Bonchev–Trinajstić information content (AvgIpc) is 2.28. The third kappa shape index (κ3) is 4.44. The third-order valence-corrected chi connectivity index (χ3v) is 2.71. The molecule has 0 aliphatic carbocycles. The fourth-order valence-corrected chi connectivity index (χ4v) is 1.57. The van der Waals surface area contributed by atoms with Crippen molar-refractivity contribution in [1.29, 1.82) is 0 Å². The van der Waals surface area contributed by atoms with Crippen LogP contribution in [0.3, 0.4) is 0 Å². The molecule has 0 unspecified atom stereocenters. The zero-order valence-corrected chi connectivity index (χ0v) is 10.3. The smallest absolute Gasteiger partial charge is 0.303 e. The molecule has 0 atom stereocenters. The van der Waals surface area contributed by atoms with Gasteiger partial charge in [0.1, 0.15) is 0 Å². The zero-order valence-electron chi connectivity index (χ0n) is 9.52. The molecule has 0 spiro atoms. The van der Waals surface area contributed by atoms with Gasteiger partial charge >= 0.3 is 5.97 Å². The van der Waals surface area contributed by atoms with E-state index in [1.54, 1.807) is 13.1 Å². The van der Waals surface area contributed by atoms with Crippen molar-refractivity contribution in [2.24, 2.45) is 0 Å². The largest absolute Gasteiger partial charge is 0.481 e. The lowest BCUT2D eigenvalue weighted by atomic mass is 10.2. The van der Waals surface area contributed by atoms with Gasteiger partial charge in [-0.05, 0) is 11.6 Å². The van der Waals surface area contributed by atoms with Crippen molar-refractivity contribution in [2.75, 3.05) is 7.05 Å². The Morgan fingerprint density at radius 2 is 1.94 bits per heavy atom. The summed E-state index contributed by atoms with van der Waals surface area (Å²) in [5.41, 5.74) is 0.848. The maximum atomic E-state index is 11.6. The first-order chi connectivity index (χ1) is 8.00. The van der Waals surface area contributed by atoms with E-state index in [-0.39, 0.29) is 18.7 Å². The fourth-order valence-electron chi connectivity index (χ4n) is 1.38. The van der Waals surface area contributed by atoms with Crippen LogP contribution < -0.4 is 0 Å². The number of hydrogen-bond donors (Lipinski definition) is 1. The Hall–Kier alpha value is -1.55. The molecule has 1 amide bonds. The lowest BCUT2D eigenvalue weighted by molar-refractivity contribution is -0.140. The molecular weight excluding hydrogens is 242 g/mol. The molecule has 1 aromatic carbocycles. The third-order valence-electron chi connectivity index (χ3n) is 2.34. The highest BCUT2D eigenvalue weighted by Crippen LogP contribution is 2.16. The van der Waals surface area contributed by atoms with Gasteiger partial charge < -0.3 is 10.0 Å². The summed E-state index contributed by atoms with van der Waals surface area (Å²) in [6.07, 6.45) is -0.137. The summed E-state index contributed by atoms with van der Waals surface area (Å²) in [7, 11) is 1.63. The molecule has 0 aliphatic rings. The van der Waals surface area contributed by atoms with Crippen LogP contribution in [0.2, 0.25) is 5.02 Å². The number of hydrogen-bond acceptors (Lipinski definition) is 2. The van der Waals surface area contributed by atoms with E-state index in [4.69, 9.17) is 16.7 Å². The van der Waals surface area contributed by atoms with Gasteiger partial charge in [0.2, 0.25) is 5.91 Å². The predicted molar refractivity (Wildman–Crippen MR) is 64.8 cm³/mol. The summed E-state index contributed by atoms with van der Waals surface area (Å²) in [6.45, 7) is 0.387. The number of carboxylic acids is 1. The van der Waals surface area contributed by atoms with Crippen LogP contribution >= 0.6 is 11.6 Å². The number of rotatable bonds is 5. The van der Waals surface area contributed by atoms with Crippen LogP contribution in [0.15, 0.2) is 24.3 Å². The second-order valence-electron chi connectivity index (χ2n) is 3.73. The SMILES string of the molecule is CN(Cc1ccccc1Cl)C(=O)CCC(=O)O. The number of carboxylic acid groups (broad SMARTS) is 1. The summed E-state index contributed by atoms with van der Waals surface area (Å²) in [5, 5.41) is 9.09. The topological polar surface area (TPSA) is 57.6 Å². The molecule has 5 heteroatoms. The second-order valence-corrected chi connectivity index (χ2v) is 4.14. The molecule has 17 heavy (non-hydrogen) atoms. The Morgan fingerprint density at radius 3 is 2.53 bits per heavy atom. The lowest BCUT2D eigenvalue weighted by Gasteiger charge is -2.17. The first-order valence-electron chi connectivity index (χ1n) is 5.20. The highest BCUT2D eigenvalue weighted by molar-refractivity contribution is 6.31. The lowest BCUT2D eigenvalue weighted by Crippen LogP contribution is -2.26. The number of halogens is 1. The normalized spacial score (nSPS) is 10.0. The molecule has 0 heterocycles. The standard InChI is InChI=1S/C12H14ClNO3/c1-14(11(15)6-7-12(16)17)8-9-4-2-3-5-10(9)13/h2-5H,6-8H2,1H3,(H,16,17). The minimum absolute atomic E-state index is 0.0102. The van der Waals surface area contributed by atoms with Crippen LogP contribution in [0.5, 0.6) is 0 Å². The van der Waals surface area contributed by atoms with Gasteiger partial charge in [-0.2, -0.15) is 0 Å². The van der Waals surface area contributed by atoms with Gasteiger partial charge in [0.05, 0.1) is 6.42 Å². The molecule has 0 saturated heterocycles. The predicted octanol–water partition coefficient (Wildman–Crippen LogP) is 2.16. The van der Waals surface area contributed by atoms with E-state index in [0.29, 0.717) is 11.6 Å². The molecule has 0 aliphatic heterocycles. The van der Waals surface area contributed by atoms with E-state index in [0.717, 1.165) is 5.56 Å². The first kappa shape index (κ1) is 13.5. The van der Waals surface area contributed by atoms with Gasteiger partial charge in [0, 0.05) is 25.0 Å². The van der Waals surface area contributed by atoms with Crippen molar-refractivity contribution < 1.29 is 14.7 Å². The van der Waals surface area contributed by atoms with Crippen LogP contribution in [0.25, 0.3) is 0 Å². The highest BCUT2D eigenvalue weighted by atomic mass is 35.5. The summed E-state index contributed by atoms with van der Waals surface area (Å²) in [5.74, 6) is -1.17. The quantitative estimate of drug-likeness (QED) is 0.877. The molecule has 0 bridgehead atoms. The molecular formula is C12H14ClNO3. The Morgan fingerprint density at radius 1 is 1.29 bits per heavy atom. The van der Waals surface area contributed by atoms with E-state index in [1.807, 2.05) is 18.2 Å². The van der Waals surface area contributed by atoms with Crippen molar-refractivity contribution >= 4 is 23.5 Å². The maximum absolute atomic E-state index is 11.6. The van der Waals surface area contributed by atoms with Crippen LogP contribution in [-0.2, 0) is 16.1 Å². The van der Waals surface area contributed by atoms with E-state index in [2.05, 4.69) is 0 Å². The zero-order chi connectivity index (χ0) is 12.8. The van der Waals surface area contributed by atoms with Gasteiger partial charge in [-0.1, -0.05) is 29.8 Å². The van der Waals surface area contributed by atoms with Gasteiger partial charge in [0.15, 0.2) is 0 Å². The maximum Gasteiger partial charge on any atom is 0.303 e. The van der Waals surface area contributed by atoms with Crippen molar-refractivity contribution in [3.05, 3.63) is 34.9 Å². The van der Waals surface area contributed by atoms with Crippen LogP contribution in [0.4, 0.5) is 0 Å². The van der Waals surface area contributed by atoms with Gasteiger partial charge in [0.25, 0.3) is 0 Å². The fraction of sp³-hybridized carbons (Fsp3) is 0.333. The van der Waals surface area contributed by atoms with Crippen molar-refractivity contribution in [3.63, 3.8) is 0 Å². The number of aliphatic carboxylic acids is 1. The molecule has 1 aromatic rings. The van der Waals surface area contributed by atoms with E-state index in [1.165, 1.54) is 4.90 Å². The molecule has 0 radical (unpaired) electrons. The first-order valence-corrected chi connectivity index (χ1v) is 5.57. The van der Waals surface area contributed by atoms with E-state index >= 15 is 0 Å². The van der Waals surface area contributed by atoms with Crippen LogP contribution in [-0.4, -0.2) is 28.9 Å². The van der Waals surface area contributed by atoms with Crippen LogP contribution in [0.1, 0.15) is 18.4 Å². The Bertz CT molecular complexity index is 420. The number of amides is 1. The second kappa shape index (κ2) is 6.25. The Labute approximate surface area is 105 Å². The van der Waals surface area contributed by atoms with Gasteiger partial charge in [-0.3, -0.25) is 9.59 Å². The minimum atomic E-state index is -0.968. The van der Waals surface area contributed by atoms with Gasteiger partial charge in [-0.25, -0.2) is 0 Å². The molecule has 1 rings (SSSR count). The monoisotopic (exact) mass is 255 g/mol. The number of benzene rings is 1. The summed E-state index contributed by atoms with van der Waals surface area (Å²) in [6, 6.07) is 7.25. The number of carbonyl (C=O) groups excluding carboxylic acids is 1. The van der Waals surface area contributed by atoms with E-state index < -0.39 is 5.97 Å².